The summed E-state index contributed by atoms with van der Waals surface area (Å²) in [7, 11) is 1.33. The van der Waals surface area contributed by atoms with Crippen LogP contribution < -0.4 is 10.6 Å². The van der Waals surface area contributed by atoms with Gasteiger partial charge in [-0.2, -0.15) is 0 Å². The molecule has 2 aromatic carbocycles. The Labute approximate surface area is 183 Å². The number of aromatic nitrogens is 1. The molecular formula is C23H21N3O4S. The molecule has 0 aliphatic heterocycles. The summed E-state index contributed by atoms with van der Waals surface area (Å²) < 4.78 is 4.66. The summed E-state index contributed by atoms with van der Waals surface area (Å²) in [6.45, 7) is 1.96. The number of anilines is 1. The van der Waals surface area contributed by atoms with Crippen LogP contribution in [0.5, 0.6) is 0 Å². The summed E-state index contributed by atoms with van der Waals surface area (Å²) >= 11 is 1.34. The Morgan fingerprint density at radius 3 is 2.42 bits per heavy atom. The molecule has 0 spiro atoms. The molecule has 2 N–H and O–H groups in total. The number of thiazole rings is 1. The number of amides is 2. The summed E-state index contributed by atoms with van der Waals surface area (Å²) in [6, 6.07) is 14.4. The number of carbonyl (C=O) groups is 3. The fourth-order valence-electron chi connectivity index (χ4n) is 2.65. The third kappa shape index (κ3) is 6.35. The van der Waals surface area contributed by atoms with E-state index in [9.17, 15) is 14.4 Å². The van der Waals surface area contributed by atoms with Crippen molar-refractivity contribution in [1.82, 2.24) is 10.3 Å². The van der Waals surface area contributed by atoms with Crippen LogP contribution in [-0.4, -0.2) is 29.9 Å². The molecule has 0 aliphatic rings. The molecule has 0 radical (unpaired) electrons. The first kappa shape index (κ1) is 21.9. The highest BCUT2D eigenvalue weighted by molar-refractivity contribution is 7.14. The van der Waals surface area contributed by atoms with Gasteiger partial charge in [-0.3, -0.25) is 14.9 Å². The maximum atomic E-state index is 12.2. The minimum absolute atomic E-state index is 0.0729. The lowest BCUT2D eigenvalue weighted by molar-refractivity contribution is -0.119. The molecule has 3 aromatic rings. The largest absolute Gasteiger partial charge is 0.465 e. The summed E-state index contributed by atoms with van der Waals surface area (Å²) in [5.74, 6) is -0.782. The van der Waals surface area contributed by atoms with Crippen molar-refractivity contribution in [3.05, 3.63) is 76.7 Å². The van der Waals surface area contributed by atoms with E-state index in [4.69, 9.17) is 0 Å². The van der Waals surface area contributed by atoms with Gasteiger partial charge in [-0.25, -0.2) is 9.78 Å². The summed E-state index contributed by atoms with van der Waals surface area (Å²) in [5.41, 5.74) is 3.90. The number of ether oxygens (including phenoxy) is 1. The number of hydrogen-bond donors (Lipinski definition) is 2. The zero-order valence-corrected chi connectivity index (χ0v) is 17.9. The Morgan fingerprint density at radius 2 is 1.77 bits per heavy atom. The van der Waals surface area contributed by atoms with Crippen molar-refractivity contribution in [2.75, 3.05) is 12.4 Å². The van der Waals surface area contributed by atoms with E-state index < -0.39 is 5.97 Å². The highest BCUT2D eigenvalue weighted by atomic mass is 32.1. The van der Waals surface area contributed by atoms with Crippen LogP contribution in [0.15, 0.2) is 60.0 Å². The van der Waals surface area contributed by atoms with Gasteiger partial charge in [0.05, 0.1) is 18.4 Å². The molecule has 0 atom stereocenters. The number of methoxy groups -OCH3 is 1. The van der Waals surface area contributed by atoms with E-state index in [1.54, 1.807) is 30.3 Å². The van der Waals surface area contributed by atoms with Crippen LogP contribution in [0.25, 0.3) is 17.3 Å². The third-order valence-corrected chi connectivity index (χ3v) is 5.04. The first-order valence-corrected chi connectivity index (χ1v) is 10.3. The fourth-order valence-corrected chi connectivity index (χ4v) is 3.37. The molecule has 2 amide bonds. The third-order valence-electron chi connectivity index (χ3n) is 4.28. The molecule has 0 saturated heterocycles. The molecule has 31 heavy (non-hydrogen) atoms. The number of esters is 1. The maximum Gasteiger partial charge on any atom is 0.337 e. The van der Waals surface area contributed by atoms with Crippen LogP contribution in [-0.2, 0) is 20.9 Å². The lowest BCUT2D eigenvalue weighted by atomic mass is 10.1. The van der Waals surface area contributed by atoms with E-state index in [1.807, 2.05) is 29.6 Å². The predicted molar refractivity (Wildman–Crippen MR) is 121 cm³/mol. The Bertz CT molecular complexity index is 1100. The van der Waals surface area contributed by atoms with E-state index >= 15 is 0 Å². The fraction of sp³-hybridized carbons (Fsp3) is 0.130. The van der Waals surface area contributed by atoms with Gasteiger partial charge in [-0.1, -0.05) is 36.4 Å². The predicted octanol–water partition coefficient (Wildman–Crippen LogP) is 3.88. The van der Waals surface area contributed by atoms with E-state index in [0.717, 1.165) is 22.4 Å². The van der Waals surface area contributed by atoms with Gasteiger partial charge >= 0.3 is 5.97 Å². The molecule has 8 heteroatoms. The van der Waals surface area contributed by atoms with Crippen molar-refractivity contribution in [3.63, 3.8) is 0 Å². The number of nitrogens with one attached hydrogen (secondary N) is 2. The molecule has 158 valence electrons. The second-order valence-electron chi connectivity index (χ2n) is 6.58. The summed E-state index contributed by atoms with van der Waals surface area (Å²) in [4.78, 5) is 39.1. The summed E-state index contributed by atoms with van der Waals surface area (Å²) in [6.07, 6.45) is 3.06. The zero-order chi connectivity index (χ0) is 22.2. The van der Waals surface area contributed by atoms with Gasteiger partial charge in [0, 0.05) is 30.5 Å². The number of nitrogens with zero attached hydrogens (tertiary/aromatic N) is 1. The molecule has 0 fully saturated rings. The SMILES string of the molecule is COC(=O)c1ccc(/C=C/C(=O)Nc2nc(-c3ccc(CNC(C)=O)cc3)cs2)cc1. The molecule has 0 aliphatic carbocycles. The van der Waals surface area contributed by atoms with E-state index in [1.165, 1.54) is 31.4 Å². The lowest BCUT2D eigenvalue weighted by Gasteiger charge is -2.03. The highest BCUT2D eigenvalue weighted by Gasteiger charge is 2.07. The average Bonchev–Trinajstić information content (AvgIpc) is 3.24. The van der Waals surface area contributed by atoms with Crippen molar-refractivity contribution >= 4 is 40.3 Å². The molecule has 1 heterocycles. The van der Waals surface area contributed by atoms with Crippen LogP contribution in [0.1, 0.15) is 28.4 Å². The Morgan fingerprint density at radius 1 is 1.06 bits per heavy atom. The first-order chi connectivity index (χ1) is 14.9. The van der Waals surface area contributed by atoms with Crippen molar-refractivity contribution in [2.45, 2.75) is 13.5 Å². The topological polar surface area (TPSA) is 97.4 Å². The van der Waals surface area contributed by atoms with Gasteiger partial charge < -0.3 is 10.1 Å². The van der Waals surface area contributed by atoms with Crippen molar-refractivity contribution < 1.29 is 19.1 Å². The molecule has 3 rings (SSSR count). The Hall–Kier alpha value is -3.78. The van der Waals surface area contributed by atoms with Crippen LogP contribution in [0.3, 0.4) is 0 Å². The first-order valence-electron chi connectivity index (χ1n) is 9.41. The normalized spacial score (nSPS) is 10.6. The van der Waals surface area contributed by atoms with E-state index in [2.05, 4.69) is 20.4 Å². The van der Waals surface area contributed by atoms with Crippen molar-refractivity contribution in [3.8, 4) is 11.3 Å². The van der Waals surface area contributed by atoms with Gasteiger partial charge in [0.25, 0.3) is 0 Å². The number of hydrogen-bond acceptors (Lipinski definition) is 6. The zero-order valence-electron chi connectivity index (χ0n) is 17.0. The van der Waals surface area contributed by atoms with Gasteiger partial charge in [0.2, 0.25) is 11.8 Å². The van der Waals surface area contributed by atoms with Crippen LogP contribution in [0.2, 0.25) is 0 Å². The maximum absolute atomic E-state index is 12.2. The van der Waals surface area contributed by atoms with E-state index in [-0.39, 0.29) is 11.8 Å². The van der Waals surface area contributed by atoms with Gasteiger partial charge in [-0.05, 0) is 29.3 Å². The van der Waals surface area contributed by atoms with Gasteiger partial charge in [0.15, 0.2) is 5.13 Å². The standard InChI is InChI=1S/C23H21N3O4S/c1-15(27)24-13-17-5-8-18(9-6-17)20-14-31-23(25-20)26-21(28)12-7-16-3-10-19(11-4-16)22(29)30-2/h3-12,14H,13H2,1-2H3,(H,24,27)(H,25,26,28)/b12-7+. The smallest absolute Gasteiger partial charge is 0.337 e. The van der Waals surface area contributed by atoms with E-state index in [0.29, 0.717) is 17.2 Å². The molecule has 7 nitrogen and oxygen atoms in total. The lowest BCUT2D eigenvalue weighted by Crippen LogP contribution is -2.18. The minimum atomic E-state index is -0.407. The second-order valence-corrected chi connectivity index (χ2v) is 7.44. The van der Waals surface area contributed by atoms with Crippen LogP contribution in [0, 0.1) is 0 Å². The minimum Gasteiger partial charge on any atom is -0.465 e. The Balaban J connectivity index is 1.57. The highest BCUT2D eigenvalue weighted by Crippen LogP contribution is 2.25. The Kier molecular flexibility index (Phi) is 7.29. The molecule has 0 saturated carbocycles. The average molecular weight is 436 g/mol. The molecule has 1 aromatic heterocycles. The second kappa shape index (κ2) is 10.3. The quantitative estimate of drug-likeness (QED) is 0.434. The van der Waals surface area contributed by atoms with Crippen molar-refractivity contribution in [2.24, 2.45) is 0 Å². The monoisotopic (exact) mass is 435 g/mol. The van der Waals surface area contributed by atoms with Crippen molar-refractivity contribution in [1.29, 1.82) is 0 Å². The van der Waals surface area contributed by atoms with Gasteiger partial charge in [-0.15, -0.1) is 11.3 Å². The number of benzene rings is 2. The van der Waals surface area contributed by atoms with Crippen LogP contribution >= 0.6 is 11.3 Å². The van der Waals surface area contributed by atoms with Crippen LogP contribution in [0.4, 0.5) is 5.13 Å². The molecule has 0 unspecified atom stereocenters. The molecule has 0 bridgehead atoms. The molecular weight excluding hydrogens is 414 g/mol. The number of carbonyl (C=O) groups excluding carboxylic acids is 3. The number of rotatable bonds is 7. The van der Waals surface area contributed by atoms with Gasteiger partial charge in [0.1, 0.15) is 0 Å². The summed E-state index contributed by atoms with van der Waals surface area (Å²) in [5, 5.41) is 7.86.